The Morgan fingerprint density at radius 2 is 1.45 bits per heavy atom. The number of hydrogen-bond acceptors (Lipinski definition) is 1. The Bertz CT molecular complexity index is 1180. The second kappa shape index (κ2) is 7.33. The first kappa shape index (κ1) is 21.3. The predicted octanol–water partition coefficient (Wildman–Crippen LogP) is 5.23. The summed E-state index contributed by atoms with van der Waals surface area (Å²) in [6, 6.07) is 13.4. The van der Waals surface area contributed by atoms with Gasteiger partial charge in [-0.15, -0.1) is 4.58 Å². The quantitative estimate of drug-likeness (QED) is 0.378. The average molecular weight is 416 g/mol. The predicted molar refractivity (Wildman–Crippen MR) is 135 cm³/mol. The second-order valence-corrected chi connectivity index (χ2v) is 9.64. The van der Waals surface area contributed by atoms with Gasteiger partial charge in [0.1, 0.15) is 12.7 Å². The first-order chi connectivity index (χ1) is 14.5. The van der Waals surface area contributed by atoms with Gasteiger partial charge in [0.05, 0.1) is 34.3 Å². The van der Waals surface area contributed by atoms with Gasteiger partial charge >= 0.3 is 5.84 Å². The van der Waals surface area contributed by atoms with Crippen molar-refractivity contribution in [2.24, 2.45) is 0 Å². The van der Waals surface area contributed by atoms with Gasteiger partial charge in [0.15, 0.2) is 5.69 Å². The van der Waals surface area contributed by atoms with Gasteiger partial charge in [0.25, 0.3) is 5.69 Å². The summed E-state index contributed by atoms with van der Waals surface area (Å²) >= 11 is 0. The fourth-order valence-corrected chi connectivity index (χ4v) is 4.92. The maximum absolute atomic E-state index is 2.29. The van der Waals surface area contributed by atoms with Crippen LogP contribution >= 0.6 is 0 Å². The van der Waals surface area contributed by atoms with E-state index in [4.69, 9.17) is 0 Å². The van der Waals surface area contributed by atoms with Crippen molar-refractivity contribution in [2.45, 2.75) is 13.8 Å². The van der Waals surface area contributed by atoms with Crippen molar-refractivity contribution in [3.8, 4) is 0 Å². The van der Waals surface area contributed by atoms with Crippen molar-refractivity contribution in [3.63, 3.8) is 0 Å². The molecule has 2 aliphatic heterocycles. The molecule has 4 heteroatoms. The minimum Gasteiger partial charge on any atom is -0.295 e. The molecule has 0 spiro atoms. The summed E-state index contributed by atoms with van der Waals surface area (Å²) in [5.74, 6) is 2.52. The Hall–Kier alpha value is -2.95. The van der Waals surface area contributed by atoms with Crippen molar-refractivity contribution in [2.75, 3.05) is 47.2 Å². The Morgan fingerprint density at radius 3 is 2.16 bits per heavy atom. The summed E-state index contributed by atoms with van der Waals surface area (Å²) in [6.07, 6.45) is 10.9. The molecule has 0 saturated heterocycles. The first-order valence-corrected chi connectivity index (χ1v) is 10.9. The molecule has 4 nitrogen and oxygen atoms in total. The van der Waals surface area contributed by atoms with Gasteiger partial charge < -0.3 is 0 Å². The minimum atomic E-state index is 0.750. The number of likely N-dealkylation sites (N-methyl/N-ethyl adjacent to an activating group) is 1. The number of hydrogen-bond donors (Lipinski definition) is 0. The van der Waals surface area contributed by atoms with E-state index in [0.29, 0.717) is 0 Å². The van der Waals surface area contributed by atoms with Crippen LogP contribution in [0.1, 0.15) is 11.1 Å². The fraction of sp³-hybridized carbons (Fsp3) is 0.296. The Balaban J connectivity index is 1.57. The molecule has 2 heterocycles. The summed E-state index contributed by atoms with van der Waals surface area (Å²) in [4.78, 5) is 2.29. The molecule has 0 fully saturated rings. The summed E-state index contributed by atoms with van der Waals surface area (Å²) in [5.41, 5.74) is 7.84. The number of fused-ring (bicyclic) bond motifs is 2. The topological polar surface area (TPSA) is 6.25 Å². The number of allylic oxidation sites excluding steroid dienone is 4. The van der Waals surface area contributed by atoms with E-state index < -0.39 is 0 Å². The molecule has 0 saturated carbocycles. The third-order valence-corrected chi connectivity index (χ3v) is 6.73. The van der Waals surface area contributed by atoms with E-state index in [1.807, 2.05) is 0 Å². The fourth-order valence-electron chi connectivity index (χ4n) is 4.92. The molecule has 160 valence electrons. The molecule has 2 aromatic carbocycles. The molecule has 0 radical (unpaired) electrons. The normalized spacial score (nSPS) is 20.4. The maximum Gasteiger partial charge on any atom is 0.374 e. The lowest BCUT2D eigenvalue weighted by Crippen LogP contribution is -2.45. The van der Waals surface area contributed by atoms with Crippen LogP contribution < -0.4 is 13.9 Å². The highest BCUT2D eigenvalue weighted by Gasteiger charge is 2.44. The number of aryl methyl sites for hydroxylation is 2. The summed E-state index contributed by atoms with van der Waals surface area (Å²) < 4.78 is 3.79. The number of amidine groups is 1. The van der Waals surface area contributed by atoms with E-state index in [1.54, 1.807) is 0 Å². The van der Waals surface area contributed by atoms with Crippen LogP contribution in [0.5, 0.6) is 0 Å². The molecular formula is C27H35N4+3. The zero-order chi connectivity index (χ0) is 22.6. The third-order valence-electron chi connectivity index (χ3n) is 6.73. The van der Waals surface area contributed by atoms with Gasteiger partial charge in [0.2, 0.25) is 11.5 Å². The van der Waals surface area contributed by atoms with Crippen LogP contribution in [0.4, 0.5) is 22.7 Å². The van der Waals surface area contributed by atoms with Crippen LogP contribution in [0, 0.1) is 13.8 Å². The lowest BCUT2D eigenvalue weighted by Gasteiger charge is -2.25. The Labute approximate surface area is 187 Å². The zero-order valence-corrected chi connectivity index (χ0v) is 20.1. The molecule has 0 aromatic heterocycles. The third kappa shape index (κ3) is 3.36. The molecular weight excluding hydrogens is 380 g/mol. The van der Waals surface area contributed by atoms with E-state index in [2.05, 4.69) is 132 Å². The molecule has 0 atom stereocenters. The highest BCUT2D eigenvalue weighted by Crippen LogP contribution is 2.44. The van der Waals surface area contributed by atoms with E-state index in [9.17, 15) is 0 Å². The molecule has 2 aromatic rings. The van der Waals surface area contributed by atoms with E-state index >= 15 is 0 Å². The maximum atomic E-state index is 2.29. The summed E-state index contributed by atoms with van der Waals surface area (Å²) in [7, 11) is 13.3. The van der Waals surface area contributed by atoms with Crippen LogP contribution in [-0.2, 0) is 0 Å². The number of nitrogens with zero attached hydrogens (tertiary/aromatic N) is 4. The number of benzene rings is 2. The molecule has 0 bridgehead atoms. The minimum absolute atomic E-state index is 0.750. The monoisotopic (exact) mass is 415 g/mol. The van der Waals surface area contributed by atoms with Crippen LogP contribution in [-0.4, -0.2) is 52.7 Å². The van der Waals surface area contributed by atoms with Crippen LogP contribution in [0.25, 0.3) is 0 Å². The van der Waals surface area contributed by atoms with Crippen molar-refractivity contribution in [1.29, 1.82) is 0 Å². The smallest absolute Gasteiger partial charge is 0.295 e. The van der Waals surface area contributed by atoms with Crippen molar-refractivity contribution in [3.05, 3.63) is 83.7 Å². The van der Waals surface area contributed by atoms with Gasteiger partial charge in [-0.05, 0) is 37.1 Å². The molecule has 0 amide bonds. The zero-order valence-electron chi connectivity index (χ0n) is 20.1. The molecule has 0 aliphatic carbocycles. The van der Waals surface area contributed by atoms with E-state index in [0.717, 1.165) is 8.97 Å². The van der Waals surface area contributed by atoms with Crippen molar-refractivity contribution < 1.29 is 4.58 Å². The van der Waals surface area contributed by atoms with Gasteiger partial charge in [0, 0.05) is 31.3 Å². The van der Waals surface area contributed by atoms with Gasteiger partial charge in [-0.2, -0.15) is 0 Å². The summed E-state index contributed by atoms with van der Waals surface area (Å²) in [6.45, 7) is 4.31. The average Bonchev–Trinajstić information content (AvgIpc) is 3.00. The molecule has 4 rings (SSSR count). The largest absolute Gasteiger partial charge is 0.374 e. The molecule has 0 N–H and O–H groups in total. The summed E-state index contributed by atoms with van der Waals surface area (Å²) in [5, 5.41) is 0. The molecule has 2 aliphatic rings. The number of quaternary nitrogens is 2. The second-order valence-electron chi connectivity index (χ2n) is 9.64. The lowest BCUT2D eigenvalue weighted by molar-refractivity contribution is -0.401. The SMILES string of the molecule is Cc1ccc2c(c1)[N+](C)(C)C(/C=C/C=C/C=C1/N(C)c3ccc(C)cc3[N+]1(C)C)=[N+]2C. The Morgan fingerprint density at radius 1 is 0.806 bits per heavy atom. The Kier molecular flexibility index (Phi) is 5.03. The highest BCUT2D eigenvalue weighted by atomic mass is 15.5. The lowest BCUT2D eigenvalue weighted by atomic mass is 10.1. The van der Waals surface area contributed by atoms with Crippen LogP contribution in [0.15, 0.2) is 72.6 Å². The molecule has 0 unspecified atom stereocenters. The van der Waals surface area contributed by atoms with Gasteiger partial charge in [-0.3, -0.25) is 4.90 Å². The van der Waals surface area contributed by atoms with Crippen LogP contribution in [0.2, 0.25) is 0 Å². The highest BCUT2D eigenvalue weighted by molar-refractivity contribution is 6.02. The standard InChI is InChI=1S/C27H35N4/c1-20-14-16-22-24(18-20)30(5,6)26(28(22)3)12-10-9-11-13-27-29(4)23-17-15-21(2)19-25(23)31(27,7)8/h9-19H,1-8H3/q+3. The number of anilines is 1. The van der Waals surface area contributed by atoms with Crippen molar-refractivity contribution >= 4 is 28.6 Å². The van der Waals surface area contributed by atoms with Gasteiger partial charge in [-0.25, -0.2) is 8.97 Å². The molecule has 31 heavy (non-hydrogen) atoms. The van der Waals surface area contributed by atoms with Crippen molar-refractivity contribution in [1.82, 2.24) is 8.97 Å². The van der Waals surface area contributed by atoms with E-state index in [1.165, 1.54) is 45.5 Å². The van der Waals surface area contributed by atoms with E-state index in [-0.39, 0.29) is 0 Å². The first-order valence-electron chi connectivity index (χ1n) is 10.9. The number of rotatable bonds is 3. The van der Waals surface area contributed by atoms with Gasteiger partial charge in [-0.1, -0.05) is 24.3 Å². The van der Waals surface area contributed by atoms with Crippen LogP contribution in [0.3, 0.4) is 0 Å².